The molecule has 1 aliphatic rings. The number of halogens is 1. The van der Waals surface area contributed by atoms with Crippen LogP contribution in [0.4, 0.5) is 5.69 Å². The highest BCUT2D eigenvalue weighted by atomic mass is 35.5. The topological polar surface area (TPSA) is 46.3 Å². The molecule has 94 valence electrons. The number of nitrogens with zero attached hydrogens (tertiary/aromatic N) is 1. The Kier molecular flexibility index (Phi) is 5.65. The quantitative estimate of drug-likeness (QED) is 0.836. The normalized spacial score (nSPS) is 15.2. The van der Waals surface area contributed by atoms with Gasteiger partial charge in [-0.2, -0.15) is 11.8 Å². The Morgan fingerprint density at radius 3 is 2.41 bits per heavy atom. The number of benzene rings is 1. The molecule has 1 saturated heterocycles. The Morgan fingerprint density at radius 2 is 1.82 bits per heavy atom. The predicted molar refractivity (Wildman–Crippen MR) is 75.7 cm³/mol. The van der Waals surface area contributed by atoms with Crippen LogP contribution < -0.4 is 5.73 Å². The molecule has 1 amide bonds. The largest absolute Gasteiger partial charge is 0.399 e. The van der Waals surface area contributed by atoms with Crippen LogP contribution in [0.25, 0.3) is 0 Å². The van der Waals surface area contributed by atoms with E-state index >= 15 is 0 Å². The van der Waals surface area contributed by atoms with E-state index < -0.39 is 0 Å². The van der Waals surface area contributed by atoms with Gasteiger partial charge >= 0.3 is 0 Å². The summed E-state index contributed by atoms with van der Waals surface area (Å²) >= 11 is 1.91. The first-order chi connectivity index (χ1) is 7.75. The maximum absolute atomic E-state index is 11.9. The van der Waals surface area contributed by atoms with Crippen molar-refractivity contribution in [2.75, 3.05) is 30.3 Å². The molecule has 1 heterocycles. The van der Waals surface area contributed by atoms with Crippen molar-refractivity contribution in [1.82, 2.24) is 4.90 Å². The van der Waals surface area contributed by atoms with Crippen LogP contribution in [0.5, 0.6) is 0 Å². The molecule has 3 nitrogen and oxygen atoms in total. The third-order valence-electron chi connectivity index (χ3n) is 2.70. The summed E-state index contributed by atoms with van der Waals surface area (Å²) in [6.45, 7) is 1.77. The Morgan fingerprint density at radius 1 is 1.24 bits per heavy atom. The Bertz CT molecular complexity index is 363. The number of carbonyl (C=O) groups is 1. The number of rotatable bonds is 2. The fourth-order valence-corrected chi connectivity index (χ4v) is 2.64. The van der Waals surface area contributed by atoms with E-state index in [1.54, 1.807) is 0 Å². The van der Waals surface area contributed by atoms with Gasteiger partial charge in [-0.3, -0.25) is 4.79 Å². The number of thioether (sulfide) groups is 1. The van der Waals surface area contributed by atoms with Crippen molar-refractivity contribution >= 4 is 35.8 Å². The number of nitrogens with two attached hydrogens (primary N) is 1. The lowest BCUT2D eigenvalue weighted by atomic mass is 10.1. The highest BCUT2D eigenvalue weighted by Crippen LogP contribution is 2.12. The van der Waals surface area contributed by atoms with Gasteiger partial charge in [-0.05, 0) is 17.7 Å². The minimum atomic E-state index is 0. The molecule has 2 N–H and O–H groups in total. The van der Waals surface area contributed by atoms with Crippen molar-refractivity contribution in [3.8, 4) is 0 Å². The molecule has 2 rings (SSSR count). The average molecular weight is 273 g/mol. The highest BCUT2D eigenvalue weighted by Gasteiger charge is 2.16. The number of nitrogen functional groups attached to an aromatic ring is 1. The molecule has 17 heavy (non-hydrogen) atoms. The van der Waals surface area contributed by atoms with Gasteiger partial charge in [0.25, 0.3) is 0 Å². The summed E-state index contributed by atoms with van der Waals surface area (Å²) in [5.74, 6) is 2.35. The van der Waals surface area contributed by atoms with Crippen molar-refractivity contribution in [2.24, 2.45) is 0 Å². The van der Waals surface area contributed by atoms with Crippen molar-refractivity contribution in [1.29, 1.82) is 0 Å². The third kappa shape index (κ3) is 4.13. The standard InChI is InChI=1S/C12H16N2OS.ClH/c13-11-3-1-10(2-4-11)9-12(15)14-5-7-16-8-6-14;/h1-4H,5-9,13H2;1H. The molecular weight excluding hydrogens is 256 g/mol. The summed E-state index contributed by atoms with van der Waals surface area (Å²) in [6.07, 6.45) is 0.491. The van der Waals surface area contributed by atoms with Crippen LogP contribution in [0.1, 0.15) is 5.56 Å². The van der Waals surface area contributed by atoms with Gasteiger partial charge < -0.3 is 10.6 Å². The molecule has 0 aromatic heterocycles. The lowest BCUT2D eigenvalue weighted by Gasteiger charge is -2.26. The zero-order valence-electron chi connectivity index (χ0n) is 9.59. The zero-order valence-corrected chi connectivity index (χ0v) is 11.2. The lowest BCUT2D eigenvalue weighted by molar-refractivity contribution is -0.130. The van der Waals surface area contributed by atoms with Crippen LogP contribution in [0.3, 0.4) is 0 Å². The number of hydrogen-bond donors (Lipinski definition) is 1. The van der Waals surface area contributed by atoms with Gasteiger partial charge in [-0.1, -0.05) is 12.1 Å². The Balaban J connectivity index is 0.00000144. The summed E-state index contributed by atoms with van der Waals surface area (Å²) in [5.41, 5.74) is 7.38. The van der Waals surface area contributed by atoms with Gasteiger partial charge in [0.2, 0.25) is 5.91 Å². The van der Waals surface area contributed by atoms with Crippen LogP contribution in [-0.2, 0) is 11.2 Å². The second-order valence-corrected chi connectivity index (χ2v) is 5.14. The first-order valence-electron chi connectivity index (χ1n) is 5.45. The van der Waals surface area contributed by atoms with Crippen LogP contribution in [-0.4, -0.2) is 35.4 Å². The monoisotopic (exact) mass is 272 g/mol. The summed E-state index contributed by atoms with van der Waals surface area (Å²) in [7, 11) is 0. The average Bonchev–Trinajstić information content (AvgIpc) is 2.33. The summed E-state index contributed by atoms with van der Waals surface area (Å²) in [4.78, 5) is 13.9. The van der Waals surface area contributed by atoms with E-state index in [9.17, 15) is 4.79 Å². The number of carbonyl (C=O) groups excluding carboxylic acids is 1. The number of hydrogen-bond acceptors (Lipinski definition) is 3. The summed E-state index contributed by atoms with van der Waals surface area (Å²) < 4.78 is 0. The molecule has 0 aliphatic carbocycles. The second-order valence-electron chi connectivity index (χ2n) is 3.91. The summed E-state index contributed by atoms with van der Waals surface area (Å²) in [5, 5.41) is 0. The molecule has 0 bridgehead atoms. The number of anilines is 1. The predicted octanol–water partition coefficient (Wildman–Crippen LogP) is 1.81. The maximum atomic E-state index is 11.9. The van der Waals surface area contributed by atoms with E-state index in [2.05, 4.69) is 0 Å². The third-order valence-corrected chi connectivity index (χ3v) is 3.64. The van der Waals surface area contributed by atoms with E-state index in [1.165, 1.54) is 0 Å². The molecule has 1 aromatic carbocycles. The smallest absolute Gasteiger partial charge is 0.227 e. The van der Waals surface area contributed by atoms with Gasteiger partial charge in [-0.25, -0.2) is 0 Å². The zero-order chi connectivity index (χ0) is 11.4. The molecular formula is C12H17ClN2OS. The molecule has 1 aliphatic heterocycles. The van der Waals surface area contributed by atoms with E-state index in [-0.39, 0.29) is 18.3 Å². The van der Waals surface area contributed by atoms with Crippen molar-refractivity contribution < 1.29 is 4.79 Å². The summed E-state index contributed by atoms with van der Waals surface area (Å²) in [6, 6.07) is 7.53. The van der Waals surface area contributed by atoms with E-state index in [0.717, 1.165) is 35.8 Å². The van der Waals surface area contributed by atoms with E-state index in [1.807, 2.05) is 40.9 Å². The first-order valence-corrected chi connectivity index (χ1v) is 6.61. The Hall–Kier alpha value is -0.870. The Labute approximate surface area is 112 Å². The van der Waals surface area contributed by atoms with Crippen molar-refractivity contribution in [2.45, 2.75) is 6.42 Å². The minimum Gasteiger partial charge on any atom is -0.399 e. The van der Waals surface area contributed by atoms with Crippen LogP contribution in [0.2, 0.25) is 0 Å². The first kappa shape index (κ1) is 14.2. The minimum absolute atomic E-state index is 0. The number of amides is 1. The molecule has 5 heteroatoms. The van der Waals surface area contributed by atoms with E-state index in [4.69, 9.17) is 5.73 Å². The van der Waals surface area contributed by atoms with Crippen LogP contribution >= 0.6 is 24.2 Å². The fourth-order valence-electron chi connectivity index (χ4n) is 1.73. The molecule has 0 spiro atoms. The molecule has 1 fully saturated rings. The van der Waals surface area contributed by atoms with Crippen molar-refractivity contribution in [3.05, 3.63) is 29.8 Å². The van der Waals surface area contributed by atoms with Gasteiger partial charge in [0, 0.05) is 30.3 Å². The second kappa shape index (κ2) is 6.77. The van der Waals surface area contributed by atoms with E-state index in [0.29, 0.717) is 6.42 Å². The van der Waals surface area contributed by atoms with Gasteiger partial charge in [-0.15, -0.1) is 12.4 Å². The molecule has 0 atom stereocenters. The van der Waals surface area contributed by atoms with Crippen molar-refractivity contribution in [3.63, 3.8) is 0 Å². The fraction of sp³-hybridized carbons (Fsp3) is 0.417. The SMILES string of the molecule is Cl.Nc1ccc(CC(=O)N2CCSCC2)cc1. The molecule has 0 saturated carbocycles. The maximum Gasteiger partial charge on any atom is 0.227 e. The van der Waals surface area contributed by atoms with Gasteiger partial charge in [0.15, 0.2) is 0 Å². The van der Waals surface area contributed by atoms with Crippen LogP contribution in [0.15, 0.2) is 24.3 Å². The van der Waals surface area contributed by atoms with Crippen LogP contribution in [0, 0.1) is 0 Å². The molecule has 1 aromatic rings. The highest BCUT2D eigenvalue weighted by molar-refractivity contribution is 7.99. The lowest BCUT2D eigenvalue weighted by Crippen LogP contribution is -2.38. The van der Waals surface area contributed by atoms with Gasteiger partial charge in [0.1, 0.15) is 0 Å². The molecule has 0 radical (unpaired) electrons. The van der Waals surface area contributed by atoms with Gasteiger partial charge in [0.05, 0.1) is 6.42 Å². The molecule has 0 unspecified atom stereocenters.